The highest BCUT2D eigenvalue weighted by atomic mass is 16.2. The lowest BCUT2D eigenvalue weighted by atomic mass is 9.67. The summed E-state index contributed by atoms with van der Waals surface area (Å²) in [7, 11) is 2.13. The maximum absolute atomic E-state index is 12.9. The molecule has 1 saturated heterocycles. The van der Waals surface area contributed by atoms with Gasteiger partial charge in [0.25, 0.3) is 0 Å². The third-order valence-electron chi connectivity index (χ3n) is 7.46. The number of fused-ring (bicyclic) bond motifs is 1. The number of piperazine rings is 1. The summed E-state index contributed by atoms with van der Waals surface area (Å²) in [6.07, 6.45) is 3.91. The third kappa shape index (κ3) is 4.38. The molecule has 1 saturated carbocycles. The zero-order valence-corrected chi connectivity index (χ0v) is 19.3. The van der Waals surface area contributed by atoms with E-state index in [1.54, 1.807) is 0 Å². The van der Waals surface area contributed by atoms with Crippen LogP contribution in [0, 0.1) is 16.7 Å². The van der Waals surface area contributed by atoms with Crippen LogP contribution in [-0.4, -0.2) is 65.4 Å². The summed E-state index contributed by atoms with van der Waals surface area (Å²) in [4.78, 5) is 28.4. The third-order valence-corrected chi connectivity index (χ3v) is 7.46. The molecule has 1 aromatic heterocycles. The molecule has 2 aromatic rings. The maximum Gasteiger partial charge on any atom is 0.224 e. The largest absolute Gasteiger partial charge is 0.368 e. The van der Waals surface area contributed by atoms with Crippen molar-refractivity contribution in [1.82, 2.24) is 19.8 Å². The van der Waals surface area contributed by atoms with Crippen LogP contribution in [-0.2, 0) is 17.8 Å². The SMILES string of the molecule is CN1CCN(c2cc(-c3ccc4c(c3)CN(C(=O)CC3(C#N)CCC3)CC4)nc(N)n2)CC1. The van der Waals surface area contributed by atoms with Crippen molar-refractivity contribution >= 4 is 17.7 Å². The predicted octanol–water partition coefficient (Wildman–Crippen LogP) is 2.45. The second-order valence-corrected chi connectivity index (χ2v) is 9.73. The Hall–Kier alpha value is -3.18. The van der Waals surface area contributed by atoms with Gasteiger partial charge in [0, 0.05) is 57.3 Å². The molecule has 2 N–H and O–H groups in total. The van der Waals surface area contributed by atoms with Crippen molar-refractivity contribution in [3.05, 3.63) is 35.4 Å². The van der Waals surface area contributed by atoms with E-state index in [-0.39, 0.29) is 11.9 Å². The Kier molecular flexibility index (Phi) is 5.67. The minimum atomic E-state index is -0.433. The number of carbonyl (C=O) groups excluding carboxylic acids is 1. The molecule has 1 aromatic carbocycles. The fraction of sp³-hybridized carbons (Fsp3) is 0.520. The molecule has 0 spiro atoms. The van der Waals surface area contributed by atoms with Gasteiger partial charge >= 0.3 is 0 Å². The lowest BCUT2D eigenvalue weighted by molar-refractivity contribution is -0.135. The lowest BCUT2D eigenvalue weighted by Gasteiger charge is -2.37. The Balaban J connectivity index is 1.35. The molecular formula is C25H31N7O. The molecule has 0 unspecified atom stereocenters. The van der Waals surface area contributed by atoms with E-state index in [4.69, 9.17) is 5.73 Å². The molecule has 8 heteroatoms. The normalized spacial score (nSPS) is 20.0. The van der Waals surface area contributed by atoms with Gasteiger partial charge in [0.15, 0.2) is 0 Å². The molecule has 3 aliphatic rings. The van der Waals surface area contributed by atoms with Crippen LogP contribution in [0.1, 0.15) is 36.8 Å². The Bertz CT molecular complexity index is 1100. The smallest absolute Gasteiger partial charge is 0.224 e. The number of amides is 1. The minimum absolute atomic E-state index is 0.0935. The molecule has 3 heterocycles. The molecule has 5 rings (SSSR count). The van der Waals surface area contributed by atoms with Crippen LogP contribution in [0.5, 0.6) is 0 Å². The van der Waals surface area contributed by atoms with Crippen molar-refractivity contribution in [3.8, 4) is 17.3 Å². The van der Waals surface area contributed by atoms with E-state index >= 15 is 0 Å². The van der Waals surface area contributed by atoms with Crippen molar-refractivity contribution in [3.63, 3.8) is 0 Å². The van der Waals surface area contributed by atoms with Crippen LogP contribution in [0.3, 0.4) is 0 Å². The van der Waals surface area contributed by atoms with E-state index in [0.29, 0.717) is 19.5 Å². The van der Waals surface area contributed by atoms with E-state index in [9.17, 15) is 10.1 Å². The Labute approximate surface area is 195 Å². The average molecular weight is 446 g/mol. The molecule has 172 valence electrons. The van der Waals surface area contributed by atoms with Gasteiger partial charge in [-0.25, -0.2) is 4.98 Å². The lowest BCUT2D eigenvalue weighted by Crippen LogP contribution is -2.44. The molecule has 8 nitrogen and oxygen atoms in total. The van der Waals surface area contributed by atoms with Crippen LogP contribution in [0.25, 0.3) is 11.3 Å². The fourth-order valence-corrected chi connectivity index (χ4v) is 5.06. The molecular weight excluding hydrogens is 414 g/mol. The molecule has 0 radical (unpaired) electrons. The molecule has 1 amide bonds. The van der Waals surface area contributed by atoms with Crippen LogP contribution in [0.4, 0.5) is 11.8 Å². The van der Waals surface area contributed by atoms with Gasteiger partial charge in [-0.05, 0) is 43.5 Å². The van der Waals surface area contributed by atoms with Crippen LogP contribution >= 0.6 is 0 Å². The first-order valence-corrected chi connectivity index (χ1v) is 11.8. The maximum atomic E-state index is 12.9. The van der Waals surface area contributed by atoms with Gasteiger partial charge in [0.2, 0.25) is 11.9 Å². The number of anilines is 2. The van der Waals surface area contributed by atoms with Gasteiger partial charge in [-0.1, -0.05) is 18.6 Å². The number of nitrogens with two attached hydrogens (primary N) is 1. The first-order chi connectivity index (χ1) is 15.9. The molecule has 2 aliphatic heterocycles. The number of hydrogen-bond acceptors (Lipinski definition) is 7. The number of hydrogen-bond donors (Lipinski definition) is 1. The van der Waals surface area contributed by atoms with Crippen LogP contribution in [0.2, 0.25) is 0 Å². The van der Waals surface area contributed by atoms with E-state index in [2.05, 4.69) is 51.1 Å². The Morgan fingerprint density at radius 3 is 2.61 bits per heavy atom. The van der Waals surface area contributed by atoms with Crippen LogP contribution in [0.15, 0.2) is 24.3 Å². The van der Waals surface area contributed by atoms with E-state index < -0.39 is 5.41 Å². The summed E-state index contributed by atoms with van der Waals surface area (Å²) in [5, 5.41) is 9.51. The predicted molar refractivity (Wildman–Crippen MR) is 127 cm³/mol. The Morgan fingerprint density at radius 2 is 1.91 bits per heavy atom. The molecule has 0 atom stereocenters. The number of aromatic nitrogens is 2. The first kappa shape index (κ1) is 21.7. The minimum Gasteiger partial charge on any atom is -0.368 e. The summed E-state index contributed by atoms with van der Waals surface area (Å²) in [5.74, 6) is 1.23. The van der Waals surface area contributed by atoms with Crippen molar-refractivity contribution in [1.29, 1.82) is 5.26 Å². The Morgan fingerprint density at radius 1 is 1.12 bits per heavy atom. The molecule has 1 aliphatic carbocycles. The van der Waals surface area contributed by atoms with E-state index in [1.165, 1.54) is 5.56 Å². The van der Waals surface area contributed by atoms with Crippen molar-refractivity contribution in [2.75, 3.05) is 50.4 Å². The van der Waals surface area contributed by atoms with Crippen LogP contribution < -0.4 is 10.6 Å². The van der Waals surface area contributed by atoms with E-state index in [1.807, 2.05) is 11.0 Å². The average Bonchev–Trinajstić information content (AvgIpc) is 2.80. The van der Waals surface area contributed by atoms with Crippen molar-refractivity contribution in [2.45, 2.75) is 38.6 Å². The number of nitriles is 1. The monoisotopic (exact) mass is 445 g/mol. The number of nitrogens with zero attached hydrogens (tertiary/aromatic N) is 6. The second-order valence-electron chi connectivity index (χ2n) is 9.73. The highest BCUT2D eigenvalue weighted by Gasteiger charge is 2.40. The summed E-state index contributed by atoms with van der Waals surface area (Å²) in [6, 6.07) is 10.8. The summed E-state index contributed by atoms with van der Waals surface area (Å²) >= 11 is 0. The fourth-order valence-electron chi connectivity index (χ4n) is 5.06. The van der Waals surface area contributed by atoms with Crippen molar-refractivity contribution in [2.24, 2.45) is 5.41 Å². The van der Waals surface area contributed by atoms with Gasteiger partial charge in [0.1, 0.15) is 5.82 Å². The number of carbonyl (C=O) groups is 1. The quantitative estimate of drug-likeness (QED) is 0.771. The number of rotatable bonds is 4. The van der Waals surface area contributed by atoms with E-state index in [0.717, 1.165) is 74.5 Å². The summed E-state index contributed by atoms with van der Waals surface area (Å²) < 4.78 is 0. The molecule has 33 heavy (non-hydrogen) atoms. The number of benzene rings is 1. The van der Waals surface area contributed by atoms with Gasteiger partial charge < -0.3 is 20.4 Å². The zero-order chi connectivity index (χ0) is 23.0. The number of nitrogen functional groups attached to an aromatic ring is 1. The highest BCUT2D eigenvalue weighted by Crippen LogP contribution is 2.43. The molecule has 0 bridgehead atoms. The highest BCUT2D eigenvalue weighted by molar-refractivity contribution is 5.78. The second kappa shape index (κ2) is 8.64. The summed E-state index contributed by atoms with van der Waals surface area (Å²) in [5.41, 5.74) is 9.85. The van der Waals surface area contributed by atoms with Gasteiger partial charge in [0.05, 0.1) is 17.2 Å². The van der Waals surface area contributed by atoms with Gasteiger partial charge in [-0.15, -0.1) is 0 Å². The van der Waals surface area contributed by atoms with Gasteiger partial charge in [-0.2, -0.15) is 10.2 Å². The molecule has 2 fully saturated rings. The van der Waals surface area contributed by atoms with Crippen molar-refractivity contribution < 1.29 is 4.79 Å². The summed E-state index contributed by atoms with van der Waals surface area (Å²) in [6.45, 7) is 5.11. The standard InChI is InChI=1S/C25H31N7O/c1-30-9-11-31(12-10-30)22-14-21(28-24(27)29-22)19-4-3-18-5-8-32(16-20(18)13-19)23(33)15-25(17-26)6-2-7-25/h3-4,13-14H,2,5-12,15-16H2,1H3,(H2,27,28,29). The van der Waals surface area contributed by atoms with Gasteiger partial charge in [-0.3, -0.25) is 4.79 Å². The first-order valence-electron chi connectivity index (χ1n) is 11.8. The number of likely N-dealkylation sites (N-methyl/N-ethyl adjacent to an activating group) is 1. The zero-order valence-electron chi connectivity index (χ0n) is 19.3. The topological polar surface area (TPSA) is 102 Å².